The van der Waals surface area contributed by atoms with Crippen LogP contribution in [0.15, 0.2) is 11.6 Å². The first-order valence-corrected chi connectivity index (χ1v) is 8.38. The lowest BCUT2D eigenvalue weighted by atomic mass is 9.91. The average molecular weight is 295 g/mol. The maximum atomic E-state index is 12.7. The Balaban J connectivity index is 1.94. The van der Waals surface area contributed by atoms with E-state index >= 15 is 0 Å². The van der Waals surface area contributed by atoms with Crippen molar-refractivity contribution in [3.63, 3.8) is 0 Å². The maximum Gasteiger partial charge on any atom is 0.226 e. The van der Waals surface area contributed by atoms with Crippen molar-refractivity contribution in [3.05, 3.63) is 16.6 Å². The summed E-state index contributed by atoms with van der Waals surface area (Å²) >= 11 is 1.67. The molecule has 2 atom stereocenters. The van der Waals surface area contributed by atoms with E-state index in [1.807, 2.05) is 16.5 Å². The Labute approximate surface area is 125 Å². The Bertz CT molecular complexity index is 419. The van der Waals surface area contributed by atoms with Crippen LogP contribution >= 0.6 is 11.3 Å². The third kappa shape index (κ3) is 4.03. The number of piperidine rings is 1. The third-order valence-electron chi connectivity index (χ3n) is 3.93. The van der Waals surface area contributed by atoms with Crippen LogP contribution in [0.25, 0.3) is 0 Å². The fraction of sp³-hybridized carbons (Fsp3) is 0.733. The third-order valence-corrected chi connectivity index (χ3v) is 4.77. The van der Waals surface area contributed by atoms with Gasteiger partial charge in [0, 0.05) is 42.5 Å². The zero-order valence-corrected chi connectivity index (χ0v) is 13.4. The number of aromatic nitrogens is 1. The number of hydrogen-bond donors (Lipinski definition) is 1. The number of hydrogen-bond acceptors (Lipinski definition) is 4. The number of amides is 1. The molecule has 0 aromatic carbocycles. The van der Waals surface area contributed by atoms with Gasteiger partial charge < -0.3 is 10.2 Å². The van der Waals surface area contributed by atoms with E-state index in [1.54, 1.807) is 11.3 Å². The molecule has 1 aromatic heterocycles. The molecule has 20 heavy (non-hydrogen) atoms. The van der Waals surface area contributed by atoms with Crippen molar-refractivity contribution in [2.45, 2.75) is 52.1 Å². The molecule has 0 aliphatic carbocycles. The first-order valence-electron chi connectivity index (χ1n) is 7.50. The second-order valence-electron chi connectivity index (χ2n) is 5.88. The van der Waals surface area contributed by atoms with Gasteiger partial charge in [-0.25, -0.2) is 4.98 Å². The van der Waals surface area contributed by atoms with Crippen molar-refractivity contribution in [1.82, 2.24) is 15.2 Å². The van der Waals surface area contributed by atoms with E-state index < -0.39 is 0 Å². The summed E-state index contributed by atoms with van der Waals surface area (Å²) < 4.78 is 0. The van der Waals surface area contributed by atoms with Crippen molar-refractivity contribution in [3.8, 4) is 0 Å². The predicted octanol–water partition coefficient (Wildman–Crippen LogP) is 2.31. The van der Waals surface area contributed by atoms with Crippen LogP contribution in [0.4, 0.5) is 0 Å². The second kappa shape index (κ2) is 7.18. The number of carbonyl (C=O) groups is 1. The standard InChI is InChI=1S/C15H25N3OS/c1-11(2)18(8-5-14-17-7-9-20-14)15(19)13-4-6-16-12(3)10-13/h7,9,11-13,16H,4-6,8,10H2,1-3H3/t12-,13-/m0/s1. The van der Waals surface area contributed by atoms with E-state index in [0.29, 0.717) is 11.9 Å². The molecule has 1 fully saturated rings. The molecular formula is C15H25N3OS. The normalized spacial score (nSPS) is 23.0. The number of thiazole rings is 1. The molecule has 0 saturated carbocycles. The number of carbonyl (C=O) groups excluding carboxylic acids is 1. The molecule has 0 unspecified atom stereocenters. The van der Waals surface area contributed by atoms with Crippen LogP contribution < -0.4 is 5.32 Å². The lowest BCUT2D eigenvalue weighted by molar-refractivity contribution is -0.138. The summed E-state index contributed by atoms with van der Waals surface area (Å²) in [4.78, 5) is 19.1. The Morgan fingerprint density at radius 2 is 2.40 bits per heavy atom. The summed E-state index contributed by atoms with van der Waals surface area (Å²) in [5, 5.41) is 6.51. The molecule has 112 valence electrons. The topological polar surface area (TPSA) is 45.2 Å². The molecule has 2 rings (SSSR count). The van der Waals surface area contributed by atoms with Crippen molar-refractivity contribution in [2.24, 2.45) is 5.92 Å². The van der Waals surface area contributed by atoms with E-state index in [1.165, 1.54) is 0 Å². The molecule has 1 aliphatic heterocycles. The number of nitrogens with one attached hydrogen (secondary N) is 1. The zero-order valence-electron chi connectivity index (χ0n) is 12.6. The highest BCUT2D eigenvalue weighted by Crippen LogP contribution is 2.20. The van der Waals surface area contributed by atoms with Gasteiger partial charge >= 0.3 is 0 Å². The average Bonchev–Trinajstić information content (AvgIpc) is 2.91. The SMILES string of the molecule is CC(C)N(CCc1nccs1)C(=O)[C@H]1CCN[C@@H](C)C1. The minimum Gasteiger partial charge on any atom is -0.340 e. The van der Waals surface area contributed by atoms with Gasteiger partial charge in [0.15, 0.2) is 0 Å². The van der Waals surface area contributed by atoms with Gasteiger partial charge in [0.1, 0.15) is 0 Å². The van der Waals surface area contributed by atoms with E-state index in [-0.39, 0.29) is 12.0 Å². The van der Waals surface area contributed by atoms with Crippen LogP contribution in [0, 0.1) is 5.92 Å². The summed E-state index contributed by atoms with van der Waals surface area (Å²) in [5.41, 5.74) is 0. The van der Waals surface area contributed by atoms with Gasteiger partial charge in [-0.3, -0.25) is 4.79 Å². The largest absolute Gasteiger partial charge is 0.340 e. The molecule has 2 heterocycles. The fourth-order valence-electron chi connectivity index (χ4n) is 2.81. The summed E-state index contributed by atoms with van der Waals surface area (Å²) in [7, 11) is 0. The van der Waals surface area contributed by atoms with Gasteiger partial charge in [0.05, 0.1) is 5.01 Å². The summed E-state index contributed by atoms with van der Waals surface area (Å²) in [6, 6.07) is 0.707. The monoisotopic (exact) mass is 295 g/mol. The molecule has 1 aliphatic rings. The quantitative estimate of drug-likeness (QED) is 0.906. The van der Waals surface area contributed by atoms with Crippen molar-refractivity contribution < 1.29 is 4.79 Å². The first-order chi connectivity index (χ1) is 9.58. The minimum absolute atomic E-state index is 0.185. The summed E-state index contributed by atoms with van der Waals surface area (Å²) in [6.07, 6.45) is 4.61. The van der Waals surface area contributed by atoms with E-state index in [2.05, 4.69) is 31.1 Å². The minimum atomic E-state index is 0.185. The van der Waals surface area contributed by atoms with Crippen molar-refractivity contribution in [2.75, 3.05) is 13.1 Å². The Morgan fingerprint density at radius 1 is 1.60 bits per heavy atom. The van der Waals surface area contributed by atoms with Gasteiger partial charge in [0.2, 0.25) is 5.91 Å². The molecule has 0 bridgehead atoms. The van der Waals surface area contributed by atoms with E-state index in [4.69, 9.17) is 0 Å². The van der Waals surface area contributed by atoms with Gasteiger partial charge in [-0.2, -0.15) is 0 Å². The Kier molecular flexibility index (Phi) is 5.54. The second-order valence-corrected chi connectivity index (χ2v) is 6.86. The molecule has 0 spiro atoms. The van der Waals surface area contributed by atoms with E-state index in [0.717, 1.165) is 37.4 Å². The summed E-state index contributed by atoms with van der Waals surface area (Å²) in [6.45, 7) is 8.10. The molecule has 1 amide bonds. The van der Waals surface area contributed by atoms with Gasteiger partial charge in [-0.1, -0.05) is 0 Å². The van der Waals surface area contributed by atoms with Crippen LogP contribution in [0.3, 0.4) is 0 Å². The lowest BCUT2D eigenvalue weighted by Gasteiger charge is -2.34. The van der Waals surface area contributed by atoms with Crippen LogP contribution in [0.2, 0.25) is 0 Å². The smallest absolute Gasteiger partial charge is 0.226 e. The van der Waals surface area contributed by atoms with Gasteiger partial charge in [0.25, 0.3) is 0 Å². The van der Waals surface area contributed by atoms with E-state index in [9.17, 15) is 4.79 Å². The van der Waals surface area contributed by atoms with Crippen LogP contribution in [0.1, 0.15) is 38.6 Å². The van der Waals surface area contributed by atoms with Crippen LogP contribution in [0.5, 0.6) is 0 Å². The van der Waals surface area contributed by atoms with Crippen molar-refractivity contribution in [1.29, 1.82) is 0 Å². The molecule has 5 heteroatoms. The van der Waals surface area contributed by atoms with Gasteiger partial charge in [-0.15, -0.1) is 11.3 Å². The zero-order chi connectivity index (χ0) is 14.5. The van der Waals surface area contributed by atoms with Crippen molar-refractivity contribution >= 4 is 17.2 Å². The molecular weight excluding hydrogens is 270 g/mol. The highest BCUT2D eigenvalue weighted by atomic mass is 32.1. The molecule has 1 saturated heterocycles. The number of rotatable bonds is 5. The van der Waals surface area contributed by atoms with Crippen LogP contribution in [-0.4, -0.2) is 41.0 Å². The fourth-order valence-corrected chi connectivity index (χ4v) is 3.42. The highest BCUT2D eigenvalue weighted by molar-refractivity contribution is 7.09. The van der Waals surface area contributed by atoms with Gasteiger partial charge in [-0.05, 0) is 40.2 Å². The summed E-state index contributed by atoms with van der Waals surface area (Å²) in [5.74, 6) is 0.509. The predicted molar refractivity (Wildman–Crippen MR) is 82.9 cm³/mol. The highest BCUT2D eigenvalue weighted by Gasteiger charge is 2.29. The molecule has 4 nitrogen and oxygen atoms in total. The number of nitrogens with zero attached hydrogens (tertiary/aromatic N) is 2. The van der Waals surface area contributed by atoms with Crippen LogP contribution in [-0.2, 0) is 11.2 Å². The lowest BCUT2D eigenvalue weighted by Crippen LogP contribution is -2.47. The first kappa shape index (κ1) is 15.4. The molecule has 1 aromatic rings. The Hall–Kier alpha value is -0.940. The Morgan fingerprint density at radius 3 is 3.00 bits per heavy atom. The maximum absolute atomic E-state index is 12.7. The molecule has 1 N–H and O–H groups in total. The molecule has 0 radical (unpaired) electrons.